The lowest BCUT2D eigenvalue weighted by atomic mass is 9.96. The maximum atomic E-state index is 13.5. The smallest absolute Gasteiger partial charge is 0.220 e. The molecule has 3 heterocycles. The molecule has 0 saturated carbocycles. The van der Waals surface area contributed by atoms with Crippen LogP contribution < -0.4 is 5.32 Å². The van der Waals surface area contributed by atoms with Gasteiger partial charge in [0.25, 0.3) is 0 Å². The topological polar surface area (TPSA) is 307 Å². The van der Waals surface area contributed by atoms with Gasteiger partial charge in [-0.2, -0.15) is 0 Å². The number of carbonyl (C=O) groups is 1. The number of amides is 1. The second-order valence-corrected chi connectivity index (χ2v) is 30.3. The van der Waals surface area contributed by atoms with Crippen LogP contribution in [0.3, 0.4) is 0 Å². The third-order valence-corrected chi connectivity index (χ3v) is 21.2. The summed E-state index contributed by atoms with van der Waals surface area (Å²) in [4.78, 5) is 13.5. The molecule has 3 fully saturated rings. The van der Waals surface area contributed by atoms with Crippen LogP contribution in [-0.2, 0) is 33.2 Å². The maximum absolute atomic E-state index is 13.5. The molecule has 19 nitrogen and oxygen atoms in total. The Morgan fingerprint density at radius 3 is 1.00 bits per heavy atom. The average molecular weight is 1460 g/mol. The van der Waals surface area contributed by atoms with Gasteiger partial charge in [0.1, 0.15) is 73.2 Å². The molecule has 12 N–H and O–H groups in total. The summed E-state index contributed by atoms with van der Waals surface area (Å²) in [6.07, 6.45) is 53.1. The van der Waals surface area contributed by atoms with Crippen molar-refractivity contribution in [2.45, 2.75) is 458 Å². The van der Waals surface area contributed by atoms with Crippen LogP contribution in [0.2, 0.25) is 0 Å². The lowest BCUT2D eigenvalue weighted by Crippen LogP contribution is -2.66. The minimum absolute atomic E-state index is 0.248. The van der Waals surface area contributed by atoms with Crippen LogP contribution >= 0.6 is 0 Å². The van der Waals surface area contributed by atoms with Crippen molar-refractivity contribution in [2.24, 2.45) is 0 Å². The number of aliphatic hydroxyl groups excluding tert-OH is 11. The molecule has 0 aromatic heterocycles. The van der Waals surface area contributed by atoms with Gasteiger partial charge in [0, 0.05) is 6.42 Å². The largest absolute Gasteiger partial charge is 0.394 e. The summed E-state index contributed by atoms with van der Waals surface area (Å²) >= 11 is 0. The summed E-state index contributed by atoms with van der Waals surface area (Å²) < 4.78 is 34.4. The summed E-state index contributed by atoms with van der Waals surface area (Å²) in [5.41, 5.74) is 0. The van der Waals surface area contributed by atoms with Crippen molar-refractivity contribution in [3.8, 4) is 0 Å². The molecular weight excluding hydrogens is 1300 g/mol. The first-order valence-corrected chi connectivity index (χ1v) is 42.2. The van der Waals surface area contributed by atoms with Gasteiger partial charge in [-0.05, 0) is 51.4 Å². The number of allylic oxidation sites excluding steroid dienone is 5. The van der Waals surface area contributed by atoms with Crippen LogP contribution in [-0.4, -0.2) is 193 Å². The van der Waals surface area contributed by atoms with Gasteiger partial charge in [0.05, 0.1) is 38.6 Å². The van der Waals surface area contributed by atoms with Crippen molar-refractivity contribution in [1.29, 1.82) is 0 Å². The lowest BCUT2D eigenvalue weighted by molar-refractivity contribution is -0.379. The standard InChI is InChI=1S/C83H155NO18/c1-3-5-7-9-11-13-15-17-19-21-22-23-24-25-26-27-28-29-30-31-32-33-34-35-36-37-38-39-40-41-42-43-44-45-47-49-51-53-55-57-59-61-71(89)84-66(67(88)60-58-56-54-52-50-48-46-20-18-16-14-12-10-8-6-4-2)65-97-81-77(95)74(92)79(69(63-86)99-81)102-83-78(96)75(93)80(70(64-87)100-83)101-82-76(94)73(91)72(90)68(62-85)98-82/h15,17,21-22,58,60,66-70,72-83,85-88,90-96H,3-14,16,18-20,23-57,59,61-65H2,1-2H3,(H,84,89)/b17-15-,22-21-,60-58+. The summed E-state index contributed by atoms with van der Waals surface area (Å²) in [6, 6.07) is -0.971. The van der Waals surface area contributed by atoms with Crippen molar-refractivity contribution in [3.05, 3.63) is 36.5 Å². The molecule has 0 aromatic rings. The zero-order valence-corrected chi connectivity index (χ0v) is 64.4. The van der Waals surface area contributed by atoms with Gasteiger partial charge < -0.3 is 89.9 Å². The van der Waals surface area contributed by atoms with E-state index in [9.17, 15) is 61.0 Å². The number of hydrogen-bond acceptors (Lipinski definition) is 18. The van der Waals surface area contributed by atoms with Gasteiger partial charge in [-0.1, -0.05) is 333 Å². The van der Waals surface area contributed by atoms with Crippen LogP contribution in [0.4, 0.5) is 0 Å². The Kier molecular flexibility index (Phi) is 59.0. The van der Waals surface area contributed by atoms with Gasteiger partial charge in [-0.3, -0.25) is 4.79 Å². The summed E-state index contributed by atoms with van der Waals surface area (Å²) in [5, 5.41) is 121. The number of aliphatic hydroxyl groups is 11. The minimum atomic E-state index is -1.98. The Morgan fingerprint density at radius 1 is 0.353 bits per heavy atom. The Balaban J connectivity index is 1.27. The molecule has 19 heteroatoms. The van der Waals surface area contributed by atoms with Crippen LogP contribution in [0.25, 0.3) is 0 Å². The van der Waals surface area contributed by atoms with E-state index in [-0.39, 0.29) is 18.9 Å². The molecule has 3 saturated heterocycles. The van der Waals surface area contributed by atoms with Crippen LogP contribution in [0.5, 0.6) is 0 Å². The summed E-state index contributed by atoms with van der Waals surface area (Å²) in [5.74, 6) is -0.268. The number of unbranched alkanes of at least 4 members (excludes halogenated alkanes) is 48. The van der Waals surface area contributed by atoms with Crippen molar-refractivity contribution >= 4 is 5.91 Å². The Bertz CT molecular complexity index is 1980. The van der Waals surface area contributed by atoms with E-state index >= 15 is 0 Å². The van der Waals surface area contributed by atoms with Crippen molar-refractivity contribution in [3.63, 3.8) is 0 Å². The zero-order valence-electron chi connectivity index (χ0n) is 64.4. The molecular formula is C83H155NO18. The molecule has 17 unspecified atom stereocenters. The molecule has 0 aromatic carbocycles. The fourth-order valence-corrected chi connectivity index (χ4v) is 14.4. The first kappa shape index (κ1) is 94.2. The molecule has 102 heavy (non-hydrogen) atoms. The van der Waals surface area contributed by atoms with E-state index in [0.29, 0.717) is 6.42 Å². The van der Waals surface area contributed by atoms with E-state index in [2.05, 4.69) is 43.5 Å². The van der Waals surface area contributed by atoms with Crippen LogP contribution in [0.1, 0.15) is 354 Å². The molecule has 0 bridgehead atoms. The van der Waals surface area contributed by atoms with Gasteiger partial charge in [0.2, 0.25) is 5.91 Å². The third-order valence-electron chi connectivity index (χ3n) is 21.2. The Hall–Kier alpha value is -1.99. The van der Waals surface area contributed by atoms with Crippen molar-refractivity contribution in [2.75, 3.05) is 26.4 Å². The Morgan fingerprint density at radius 2 is 0.647 bits per heavy atom. The molecule has 3 rings (SSSR count). The quantitative estimate of drug-likeness (QED) is 0.0199. The molecule has 17 atom stereocenters. The van der Waals surface area contributed by atoms with Gasteiger partial charge >= 0.3 is 0 Å². The SMILES string of the molecule is CCCCCCC/C=C\C/C=C\CCCCCCCCCCCCCCCCCCCCCCCCCCCCCCCC(=O)NC(COC1OC(CO)C(OC2OC(CO)C(OC3OC(CO)C(O)C(O)C3O)C(O)C2O)C(O)C1O)C(O)/C=C/CCCCCCCCCCCCCCCC. The highest BCUT2D eigenvalue weighted by Gasteiger charge is 2.54. The van der Waals surface area contributed by atoms with Gasteiger partial charge in [-0.15, -0.1) is 0 Å². The molecule has 0 spiro atoms. The fraction of sp³-hybridized carbons (Fsp3) is 0.916. The molecule has 0 radical (unpaired) electrons. The first-order chi connectivity index (χ1) is 49.8. The molecule has 1 amide bonds. The van der Waals surface area contributed by atoms with E-state index < -0.39 is 124 Å². The van der Waals surface area contributed by atoms with Gasteiger partial charge in [0.15, 0.2) is 18.9 Å². The van der Waals surface area contributed by atoms with E-state index in [4.69, 9.17) is 28.4 Å². The lowest BCUT2D eigenvalue weighted by Gasteiger charge is -2.48. The predicted octanol–water partition coefficient (Wildman–Crippen LogP) is 14.7. The predicted molar refractivity (Wildman–Crippen MR) is 406 cm³/mol. The number of ether oxygens (including phenoxy) is 6. The highest BCUT2D eigenvalue weighted by molar-refractivity contribution is 5.76. The molecule has 3 aliphatic rings. The molecule has 600 valence electrons. The number of hydrogen-bond donors (Lipinski definition) is 12. The van der Waals surface area contributed by atoms with Crippen molar-refractivity contribution in [1.82, 2.24) is 5.32 Å². The average Bonchev–Trinajstić information content (AvgIpc) is 0.755. The second kappa shape index (κ2) is 63.9. The van der Waals surface area contributed by atoms with Gasteiger partial charge in [-0.25, -0.2) is 0 Å². The van der Waals surface area contributed by atoms with Crippen LogP contribution in [0, 0.1) is 0 Å². The monoisotopic (exact) mass is 1450 g/mol. The summed E-state index contributed by atoms with van der Waals surface area (Å²) in [7, 11) is 0. The summed E-state index contributed by atoms with van der Waals surface area (Å²) in [6.45, 7) is 1.77. The Labute approximate surface area is 619 Å². The number of carbonyl (C=O) groups excluding carboxylic acids is 1. The third kappa shape index (κ3) is 43.3. The van der Waals surface area contributed by atoms with E-state index in [1.54, 1.807) is 6.08 Å². The highest BCUT2D eigenvalue weighted by Crippen LogP contribution is 2.33. The fourth-order valence-electron chi connectivity index (χ4n) is 14.4. The molecule has 3 aliphatic heterocycles. The maximum Gasteiger partial charge on any atom is 0.220 e. The van der Waals surface area contributed by atoms with Crippen molar-refractivity contribution < 1.29 is 89.4 Å². The number of rotatable bonds is 68. The van der Waals surface area contributed by atoms with Crippen LogP contribution in [0.15, 0.2) is 36.5 Å². The van der Waals surface area contributed by atoms with E-state index in [0.717, 1.165) is 51.4 Å². The first-order valence-electron chi connectivity index (χ1n) is 42.2. The zero-order chi connectivity index (χ0) is 73.9. The second-order valence-electron chi connectivity index (χ2n) is 30.3. The highest BCUT2D eigenvalue weighted by atomic mass is 16.8. The van der Waals surface area contributed by atoms with E-state index in [1.165, 1.54) is 276 Å². The minimum Gasteiger partial charge on any atom is -0.394 e. The number of nitrogens with one attached hydrogen (secondary N) is 1. The molecule has 0 aliphatic carbocycles. The van der Waals surface area contributed by atoms with E-state index in [1.807, 2.05) is 6.08 Å². The normalized spacial score (nSPS) is 26.3.